The number of tetrazole rings is 1. The van der Waals surface area contributed by atoms with Gasteiger partial charge < -0.3 is 0 Å². The molecule has 0 aliphatic heterocycles. The molecule has 33 heavy (non-hydrogen) atoms. The largest absolute Gasteiger partial charge is 0.288 e. The molecule has 164 valence electrons. The highest BCUT2D eigenvalue weighted by Gasteiger charge is 2.14. The van der Waals surface area contributed by atoms with Crippen LogP contribution in [0.5, 0.6) is 0 Å². The van der Waals surface area contributed by atoms with Gasteiger partial charge in [-0.1, -0.05) is 60.1 Å². The van der Waals surface area contributed by atoms with Crippen molar-refractivity contribution in [1.29, 1.82) is 0 Å². The predicted molar refractivity (Wildman–Crippen MR) is 119 cm³/mol. The summed E-state index contributed by atoms with van der Waals surface area (Å²) in [6.45, 7) is 0.644. The van der Waals surface area contributed by atoms with Crippen LogP contribution in [-0.2, 0) is 13.2 Å². The van der Waals surface area contributed by atoms with Crippen molar-refractivity contribution in [1.82, 2.24) is 44.8 Å². The zero-order valence-electron chi connectivity index (χ0n) is 17.2. The second-order valence-electron chi connectivity index (χ2n) is 7.04. The van der Waals surface area contributed by atoms with Crippen LogP contribution in [0.1, 0.15) is 16.1 Å². The van der Waals surface area contributed by atoms with Gasteiger partial charge in [-0.2, -0.15) is 5.10 Å². The monoisotopic (exact) mass is 460 g/mol. The van der Waals surface area contributed by atoms with Crippen molar-refractivity contribution in [2.24, 2.45) is 0 Å². The fourth-order valence-corrected chi connectivity index (χ4v) is 3.29. The maximum absolute atomic E-state index is 12.5. The summed E-state index contributed by atoms with van der Waals surface area (Å²) in [5.74, 6) is 0.256. The number of carbonyl (C=O) groups is 1. The molecule has 0 saturated carbocycles. The summed E-state index contributed by atoms with van der Waals surface area (Å²) < 4.78 is 3.13. The fraction of sp³-hybridized carbons (Fsp3) is 0.0952. The van der Waals surface area contributed by atoms with E-state index in [0.717, 1.165) is 11.1 Å². The van der Waals surface area contributed by atoms with E-state index in [1.54, 1.807) is 16.9 Å². The van der Waals surface area contributed by atoms with Crippen LogP contribution in [-0.4, -0.2) is 50.7 Å². The summed E-state index contributed by atoms with van der Waals surface area (Å²) >= 11 is 6.18. The maximum atomic E-state index is 12.5. The summed E-state index contributed by atoms with van der Waals surface area (Å²) in [6.07, 6.45) is 3.18. The highest BCUT2D eigenvalue weighted by atomic mass is 35.5. The Hall–Kier alpha value is -4.38. The molecule has 3 aromatic heterocycles. The van der Waals surface area contributed by atoms with E-state index in [-0.39, 0.29) is 18.3 Å². The molecule has 5 rings (SSSR count). The van der Waals surface area contributed by atoms with E-state index >= 15 is 0 Å². The lowest BCUT2D eigenvalue weighted by atomic mass is 10.2. The summed E-state index contributed by atoms with van der Waals surface area (Å²) in [5.41, 5.74) is 1.98. The minimum absolute atomic E-state index is 0.173. The molecule has 0 fully saturated rings. The molecule has 12 heteroatoms. The Morgan fingerprint density at radius 3 is 2.61 bits per heavy atom. The number of benzene rings is 2. The van der Waals surface area contributed by atoms with E-state index in [4.69, 9.17) is 11.6 Å². The highest BCUT2D eigenvalue weighted by Crippen LogP contribution is 2.16. The van der Waals surface area contributed by atoms with Crippen LogP contribution in [0, 0.1) is 0 Å². The first kappa shape index (κ1) is 20.5. The number of nitrogens with one attached hydrogen (secondary N) is 1. The van der Waals surface area contributed by atoms with Gasteiger partial charge in [-0.25, -0.2) is 14.3 Å². The number of hydrogen-bond acceptors (Lipinski definition) is 7. The second kappa shape index (κ2) is 9.01. The van der Waals surface area contributed by atoms with Gasteiger partial charge in [0.05, 0.1) is 6.54 Å². The van der Waals surface area contributed by atoms with E-state index in [1.807, 2.05) is 54.6 Å². The van der Waals surface area contributed by atoms with Crippen molar-refractivity contribution in [3.8, 4) is 11.4 Å². The summed E-state index contributed by atoms with van der Waals surface area (Å²) in [7, 11) is 0. The Morgan fingerprint density at radius 2 is 1.76 bits per heavy atom. The van der Waals surface area contributed by atoms with Crippen LogP contribution >= 0.6 is 11.6 Å². The van der Waals surface area contributed by atoms with Crippen molar-refractivity contribution in [3.05, 3.63) is 89.5 Å². The van der Waals surface area contributed by atoms with Gasteiger partial charge in [0, 0.05) is 16.8 Å². The first-order chi connectivity index (χ1) is 16.1. The molecule has 1 amide bonds. The molecule has 0 unspecified atom stereocenters. The number of hydrogen-bond donors (Lipinski definition) is 1. The number of aromatic nitrogens is 9. The third kappa shape index (κ3) is 4.77. The van der Waals surface area contributed by atoms with Crippen molar-refractivity contribution in [3.63, 3.8) is 0 Å². The van der Waals surface area contributed by atoms with Crippen molar-refractivity contribution in [2.45, 2.75) is 13.2 Å². The first-order valence-electron chi connectivity index (χ1n) is 9.95. The molecule has 0 aliphatic carbocycles. The topological polar surface area (TPSA) is 121 Å². The third-order valence-corrected chi connectivity index (χ3v) is 5.05. The van der Waals surface area contributed by atoms with Gasteiger partial charge in [0.1, 0.15) is 6.33 Å². The molecule has 3 heterocycles. The molecule has 1 N–H and O–H groups in total. The molecule has 0 saturated heterocycles. The molecular formula is C21H17ClN10O. The van der Waals surface area contributed by atoms with Gasteiger partial charge in [0.25, 0.3) is 5.91 Å². The summed E-state index contributed by atoms with van der Waals surface area (Å²) in [6, 6.07) is 18.6. The zero-order chi connectivity index (χ0) is 22.6. The lowest BCUT2D eigenvalue weighted by molar-refractivity contribution is 0.102. The van der Waals surface area contributed by atoms with Crippen LogP contribution in [0.4, 0.5) is 5.95 Å². The van der Waals surface area contributed by atoms with Crippen molar-refractivity contribution < 1.29 is 4.79 Å². The maximum Gasteiger partial charge on any atom is 0.278 e. The van der Waals surface area contributed by atoms with Gasteiger partial charge in [0.2, 0.25) is 11.8 Å². The van der Waals surface area contributed by atoms with Crippen LogP contribution in [0.3, 0.4) is 0 Å². The smallest absolute Gasteiger partial charge is 0.278 e. The zero-order valence-corrected chi connectivity index (χ0v) is 17.9. The number of anilines is 1. The van der Waals surface area contributed by atoms with Gasteiger partial charge in [0.15, 0.2) is 12.4 Å². The van der Waals surface area contributed by atoms with Crippen molar-refractivity contribution >= 4 is 23.5 Å². The fourth-order valence-electron chi connectivity index (χ4n) is 3.09. The van der Waals surface area contributed by atoms with Crippen LogP contribution in [0.25, 0.3) is 11.4 Å². The SMILES string of the molecule is O=C(Nc1ncn(Cc2ccccc2Cl)n1)c1ccn(Cn2nnc(-c3ccccc3)n2)n1. The number of carbonyl (C=O) groups excluding carboxylic acids is 1. The van der Waals surface area contributed by atoms with Crippen LogP contribution < -0.4 is 5.32 Å². The van der Waals surface area contributed by atoms with Gasteiger partial charge in [-0.05, 0) is 22.9 Å². The minimum atomic E-state index is -0.430. The highest BCUT2D eigenvalue weighted by molar-refractivity contribution is 6.31. The van der Waals surface area contributed by atoms with E-state index < -0.39 is 5.91 Å². The minimum Gasteiger partial charge on any atom is -0.288 e. The van der Waals surface area contributed by atoms with Gasteiger partial charge in [-0.15, -0.1) is 20.1 Å². The van der Waals surface area contributed by atoms with Crippen molar-refractivity contribution in [2.75, 3.05) is 5.32 Å². The summed E-state index contributed by atoms with van der Waals surface area (Å²) in [4.78, 5) is 18.1. The molecule has 11 nitrogen and oxygen atoms in total. The second-order valence-corrected chi connectivity index (χ2v) is 7.45. The number of halogens is 1. The lowest BCUT2D eigenvalue weighted by Gasteiger charge is -2.03. The molecule has 2 aromatic carbocycles. The van der Waals surface area contributed by atoms with Gasteiger partial charge in [-0.3, -0.25) is 10.1 Å². The molecular weight excluding hydrogens is 444 g/mol. The molecule has 0 aliphatic rings. The van der Waals surface area contributed by atoms with E-state index in [2.05, 4.69) is 35.9 Å². The number of amides is 1. The van der Waals surface area contributed by atoms with E-state index in [1.165, 1.54) is 15.8 Å². The standard InChI is InChI=1S/C21H17ClN10O/c22-17-9-5-4-8-16(17)12-31-13-23-21(28-31)24-20(33)18-10-11-30(26-18)14-32-27-19(25-29-32)15-6-2-1-3-7-15/h1-11,13H,12,14H2,(H,24,28,33). The Bertz CT molecular complexity index is 1390. The number of rotatable bonds is 7. The lowest BCUT2D eigenvalue weighted by Crippen LogP contribution is -2.16. The van der Waals surface area contributed by atoms with E-state index in [9.17, 15) is 4.79 Å². The molecule has 0 spiro atoms. The third-order valence-electron chi connectivity index (χ3n) is 4.68. The Labute approximate surface area is 192 Å². The van der Waals surface area contributed by atoms with E-state index in [0.29, 0.717) is 17.4 Å². The molecule has 0 bridgehead atoms. The van der Waals surface area contributed by atoms with Gasteiger partial charge >= 0.3 is 0 Å². The molecule has 0 atom stereocenters. The Morgan fingerprint density at radius 1 is 0.939 bits per heavy atom. The molecule has 5 aromatic rings. The Balaban J connectivity index is 1.21. The van der Waals surface area contributed by atoms with Crippen LogP contribution in [0.15, 0.2) is 73.2 Å². The quantitative estimate of drug-likeness (QED) is 0.396. The average molecular weight is 461 g/mol. The predicted octanol–water partition coefficient (Wildman–Crippen LogP) is 2.59. The molecule has 0 radical (unpaired) electrons. The number of nitrogens with zero attached hydrogens (tertiary/aromatic N) is 9. The first-order valence-corrected chi connectivity index (χ1v) is 10.3. The normalized spacial score (nSPS) is 10.9. The average Bonchev–Trinajstić information content (AvgIpc) is 3.58. The summed E-state index contributed by atoms with van der Waals surface area (Å²) in [5, 5.41) is 24.2. The Kier molecular flexibility index (Phi) is 5.60. The van der Waals surface area contributed by atoms with Crippen LogP contribution in [0.2, 0.25) is 5.02 Å².